The Balaban J connectivity index is 1.68. The monoisotopic (exact) mass is 388 g/mol. The first kappa shape index (κ1) is 21.5. The van der Waals surface area contributed by atoms with E-state index in [1.165, 1.54) is 24.1 Å². The van der Waals surface area contributed by atoms with Crippen molar-refractivity contribution < 1.29 is 4.79 Å². The van der Waals surface area contributed by atoms with Crippen LogP contribution in [0.15, 0.2) is 29.8 Å². The van der Waals surface area contributed by atoms with Crippen LogP contribution in [0.25, 0.3) is 10.4 Å². The molecule has 0 saturated carbocycles. The predicted octanol–water partition coefficient (Wildman–Crippen LogP) is 3.92. The molecular weight excluding hydrogens is 356 g/mol. The lowest BCUT2D eigenvalue weighted by atomic mass is 10.0. The maximum atomic E-state index is 12.1. The van der Waals surface area contributed by atoms with Gasteiger partial charge in [0.1, 0.15) is 0 Å². The van der Waals surface area contributed by atoms with Gasteiger partial charge in [0.05, 0.1) is 16.1 Å². The van der Waals surface area contributed by atoms with Crippen molar-refractivity contribution in [1.82, 2.24) is 10.3 Å². The molecule has 0 spiro atoms. The molecule has 27 heavy (non-hydrogen) atoms. The molecule has 0 fully saturated rings. The molecule has 1 atom stereocenters. The largest absolute Gasteiger partial charge is 0.356 e. The summed E-state index contributed by atoms with van der Waals surface area (Å²) in [7, 11) is 0. The van der Waals surface area contributed by atoms with Gasteiger partial charge in [0.2, 0.25) is 5.91 Å². The number of hydrogen-bond donors (Lipinski definition) is 3. The summed E-state index contributed by atoms with van der Waals surface area (Å²) in [5, 5.41) is 2.98. The van der Waals surface area contributed by atoms with Gasteiger partial charge in [-0.1, -0.05) is 49.9 Å². The van der Waals surface area contributed by atoms with Gasteiger partial charge in [0.25, 0.3) is 0 Å². The second kappa shape index (κ2) is 11.8. The Hall–Kier alpha value is -1.76. The van der Waals surface area contributed by atoms with Gasteiger partial charge in [-0.15, -0.1) is 11.3 Å². The van der Waals surface area contributed by atoms with Crippen molar-refractivity contribution in [2.24, 2.45) is 11.5 Å². The molecule has 0 unspecified atom stereocenters. The van der Waals surface area contributed by atoms with Crippen LogP contribution in [0.2, 0.25) is 0 Å². The maximum Gasteiger partial charge on any atom is 0.221 e. The van der Waals surface area contributed by atoms with Crippen LogP contribution < -0.4 is 16.8 Å². The number of hydrogen-bond acceptors (Lipinski definition) is 5. The molecule has 2 rings (SSSR count). The molecule has 2 aromatic rings. The van der Waals surface area contributed by atoms with E-state index in [2.05, 4.69) is 22.4 Å². The summed E-state index contributed by atoms with van der Waals surface area (Å²) >= 11 is 1.63. The molecule has 0 saturated heterocycles. The van der Waals surface area contributed by atoms with E-state index in [-0.39, 0.29) is 11.9 Å². The van der Waals surface area contributed by atoms with E-state index >= 15 is 0 Å². The molecule has 1 heterocycles. The molecular formula is C21H32N4OS. The van der Waals surface area contributed by atoms with E-state index in [0.29, 0.717) is 6.42 Å². The fourth-order valence-electron chi connectivity index (χ4n) is 3.05. The number of carbonyl (C=O) groups is 1. The maximum absolute atomic E-state index is 12.1. The van der Waals surface area contributed by atoms with E-state index in [4.69, 9.17) is 11.5 Å². The molecule has 5 nitrogen and oxygen atoms in total. The summed E-state index contributed by atoms with van der Waals surface area (Å²) in [5.74, 6) is 0.0213. The van der Waals surface area contributed by atoms with Crippen molar-refractivity contribution in [1.29, 1.82) is 0 Å². The van der Waals surface area contributed by atoms with Crippen LogP contribution in [-0.2, 0) is 4.79 Å². The van der Waals surface area contributed by atoms with Crippen LogP contribution >= 0.6 is 11.3 Å². The van der Waals surface area contributed by atoms with E-state index in [1.807, 2.05) is 24.6 Å². The zero-order chi connectivity index (χ0) is 19.5. The fraction of sp³-hybridized carbons (Fsp3) is 0.524. The minimum absolute atomic E-state index is 0.0213. The number of rotatable bonds is 12. The lowest BCUT2D eigenvalue weighted by Crippen LogP contribution is -2.28. The molecule has 1 aromatic heterocycles. The van der Waals surface area contributed by atoms with Crippen LogP contribution in [0.5, 0.6) is 0 Å². The Kier molecular flexibility index (Phi) is 9.45. The quantitative estimate of drug-likeness (QED) is 0.480. The molecule has 0 aliphatic heterocycles. The molecule has 1 amide bonds. The van der Waals surface area contributed by atoms with Crippen LogP contribution in [0.1, 0.15) is 62.2 Å². The van der Waals surface area contributed by atoms with Crippen LogP contribution in [0, 0.1) is 6.92 Å². The number of nitrogens with one attached hydrogen (secondary N) is 1. The lowest BCUT2D eigenvalue weighted by molar-refractivity contribution is -0.121. The first-order valence-corrected chi connectivity index (χ1v) is 10.7. The first-order chi connectivity index (χ1) is 13.1. The molecule has 148 valence electrons. The van der Waals surface area contributed by atoms with Gasteiger partial charge in [0.15, 0.2) is 0 Å². The topological polar surface area (TPSA) is 94.0 Å². The average Bonchev–Trinajstić information content (AvgIpc) is 3.10. The van der Waals surface area contributed by atoms with Gasteiger partial charge in [-0.3, -0.25) is 4.79 Å². The van der Waals surface area contributed by atoms with Gasteiger partial charge >= 0.3 is 0 Å². The SMILES string of the molecule is Cc1ncsc1-c1ccc([C@@H](N)CC(=O)NCCCCCCCCN)cc1. The van der Waals surface area contributed by atoms with Crippen molar-refractivity contribution in [3.05, 3.63) is 41.0 Å². The molecule has 0 aliphatic carbocycles. The van der Waals surface area contributed by atoms with Crippen molar-refractivity contribution in [2.75, 3.05) is 13.1 Å². The number of benzene rings is 1. The highest BCUT2D eigenvalue weighted by molar-refractivity contribution is 7.13. The Morgan fingerprint density at radius 3 is 2.41 bits per heavy atom. The Bertz CT molecular complexity index is 684. The van der Waals surface area contributed by atoms with Gasteiger partial charge in [-0.05, 0) is 37.4 Å². The van der Waals surface area contributed by atoms with Gasteiger partial charge in [-0.25, -0.2) is 4.98 Å². The van der Waals surface area contributed by atoms with Crippen molar-refractivity contribution in [2.45, 2.75) is 57.9 Å². The number of carbonyl (C=O) groups excluding carboxylic acids is 1. The highest BCUT2D eigenvalue weighted by atomic mass is 32.1. The minimum atomic E-state index is -0.280. The minimum Gasteiger partial charge on any atom is -0.356 e. The smallest absolute Gasteiger partial charge is 0.221 e. The zero-order valence-electron chi connectivity index (χ0n) is 16.2. The Labute approximate surface area is 166 Å². The summed E-state index contributed by atoms with van der Waals surface area (Å²) < 4.78 is 0. The first-order valence-electron chi connectivity index (χ1n) is 9.84. The van der Waals surface area contributed by atoms with Gasteiger partial charge < -0.3 is 16.8 Å². The van der Waals surface area contributed by atoms with Gasteiger partial charge in [0, 0.05) is 19.0 Å². The Morgan fingerprint density at radius 2 is 1.78 bits per heavy atom. The van der Waals surface area contributed by atoms with E-state index in [9.17, 15) is 4.79 Å². The Morgan fingerprint density at radius 1 is 1.11 bits per heavy atom. The highest BCUT2D eigenvalue weighted by Gasteiger charge is 2.12. The number of nitrogens with two attached hydrogens (primary N) is 2. The number of aryl methyl sites for hydroxylation is 1. The highest BCUT2D eigenvalue weighted by Crippen LogP contribution is 2.28. The third-order valence-corrected chi connectivity index (χ3v) is 5.68. The lowest BCUT2D eigenvalue weighted by Gasteiger charge is -2.13. The number of thiazole rings is 1. The number of amides is 1. The second-order valence-corrected chi connectivity index (χ2v) is 7.81. The standard InChI is InChI=1S/C21H32N4OS/c1-16-21(27-15-25-16)18-10-8-17(9-11-18)19(23)14-20(26)24-13-7-5-3-2-4-6-12-22/h8-11,15,19H,2-7,12-14,22-23H2,1H3,(H,24,26)/t19-/m0/s1. The summed E-state index contributed by atoms with van der Waals surface area (Å²) in [6.45, 7) is 3.52. The van der Waals surface area contributed by atoms with Crippen molar-refractivity contribution >= 4 is 17.2 Å². The van der Waals surface area contributed by atoms with E-state index in [0.717, 1.165) is 49.2 Å². The van der Waals surface area contributed by atoms with E-state index < -0.39 is 0 Å². The summed E-state index contributed by atoms with van der Waals surface area (Å²) in [5.41, 5.74) is 16.7. The zero-order valence-corrected chi connectivity index (χ0v) is 17.1. The summed E-state index contributed by atoms with van der Waals surface area (Å²) in [6, 6.07) is 7.84. The molecule has 1 aromatic carbocycles. The van der Waals surface area contributed by atoms with Crippen LogP contribution in [0.3, 0.4) is 0 Å². The van der Waals surface area contributed by atoms with Crippen LogP contribution in [0.4, 0.5) is 0 Å². The second-order valence-electron chi connectivity index (χ2n) is 6.96. The van der Waals surface area contributed by atoms with Crippen molar-refractivity contribution in [3.63, 3.8) is 0 Å². The number of aromatic nitrogens is 1. The third kappa shape index (κ3) is 7.40. The van der Waals surface area contributed by atoms with Crippen molar-refractivity contribution in [3.8, 4) is 10.4 Å². The fourth-order valence-corrected chi connectivity index (χ4v) is 3.87. The third-order valence-electron chi connectivity index (χ3n) is 4.70. The average molecular weight is 389 g/mol. The molecule has 0 aliphatic rings. The normalized spacial score (nSPS) is 12.1. The predicted molar refractivity (Wildman–Crippen MR) is 114 cm³/mol. The molecule has 0 radical (unpaired) electrons. The molecule has 5 N–H and O–H groups in total. The summed E-state index contributed by atoms with van der Waals surface area (Å²) in [6.07, 6.45) is 7.24. The number of unbranched alkanes of at least 4 members (excludes halogenated alkanes) is 5. The number of nitrogens with zero attached hydrogens (tertiary/aromatic N) is 1. The summed E-state index contributed by atoms with van der Waals surface area (Å²) in [4.78, 5) is 17.6. The van der Waals surface area contributed by atoms with Crippen LogP contribution in [-0.4, -0.2) is 24.0 Å². The molecule has 0 bridgehead atoms. The van der Waals surface area contributed by atoms with Gasteiger partial charge in [-0.2, -0.15) is 0 Å². The van der Waals surface area contributed by atoms with E-state index in [1.54, 1.807) is 11.3 Å². The molecule has 6 heteroatoms.